The first kappa shape index (κ1) is 30.2. The van der Waals surface area contributed by atoms with E-state index in [4.69, 9.17) is 16.3 Å². The molecular formula is C34H31ClFN3O4. The number of carbonyl (C=O) groups is 1. The number of carboxylic acids is 1. The first-order chi connectivity index (χ1) is 20.7. The van der Waals surface area contributed by atoms with Gasteiger partial charge in [0.2, 0.25) is 0 Å². The summed E-state index contributed by atoms with van der Waals surface area (Å²) in [4.78, 5) is 15.7. The van der Waals surface area contributed by atoms with Crippen LogP contribution in [0.5, 0.6) is 5.75 Å². The van der Waals surface area contributed by atoms with Crippen molar-refractivity contribution in [3.63, 3.8) is 0 Å². The van der Waals surface area contributed by atoms with E-state index in [9.17, 15) is 24.7 Å². The minimum absolute atomic E-state index is 0.0892. The van der Waals surface area contributed by atoms with E-state index in [0.717, 1.165) is 29.5 Å². The molecule has 0 bridgehead atoms. The van der Waals surface area contributed by atoms with E-state index >= 15 is 0 Å². The van der Waals surface area contributed by atoms with Crippen LogP contribution in [0.25, 0.3) is 11.1 Å². The highest BCUT2D eigenvalue weighted by Gasteiger charge is 2.27. The number of carboxylic acid groups (broad SMARTS) is 1. The maximum absolute atomic E-state index is 14.7. The van der Waals surface area contributed by atoms with Crippen LogP contribution >= 0.6 is 11.6 Å². The molecule has 3 atom stereocenters. The number of pyridine rings is 1. The second kappa shape index (κ2) is 13.3. The van der Waals surface area contributed by atoms with Crippen LogP contribution in [0.15, 0.2) is 73.1 Å². The monoisotopic (exact) mass is 599 g/mol. The summed E-state index contributed by atoms with van der Waals surface area (Å²) in [5.41, 5.74) is 6.43. The van der Waals surface area contributed by atoms with Gasteiger partial charge in [0, 0.05) is 40.7 Å². The molecule has 43 heavy (non-hydrogen) atoms. The first-order valence-corrected chi connectivity index (χ1v) is 14.4. The summed E-state index contributed by atoms with van der Waals surface area (Å²) in [5.74, 6) is -0.750. The molecule has 0 saturated heterocycles. The van der Waals surface area contributed by atoms with Crippen molar-refractivity contribution in [1.82, 2.24) is 10.3 Å². The van der Waals surface area contributed by atoms with Crippen LogP contribution in [0.2, 0.25) is 5.02 Å². The number of halogens is 2. The number of rotatable bonds is 11. The topological polar surface area (TPSA) is 115 Å². The molecule has 0 spiro atoms. The summed E-state index contributed by atoms with van der Waals surface area (Å²) < 4.78 is 20.9. The van der Waals surface area contributed by atoms with Crippen molar-refractivity contribution < 1.29 is 24.1 Å². The number of benzene rings is 3. The van der Waals surface area contributed by atoms with Gasteiger partial charge in [0.25, 0.3) is 0 Å². The number of aliphatic hydroxyl groups excluding tert-OH is 1. The van der Waals surface area contributed by atoms with Crippen molar-refractivity contribution in [1.29, 1.82) is 5.26 Å². The second-order valence-electron chi connectivity index (χ2n) is 10.8. The van der Waals surface area contributed by atoms with E-state index in [1.807, 2.05) is 24.3 Å². The molecule has 0 amide bonds. The molecule has 1 aliphatic carbocycles. The fourth-order valence-electron chi connectivity index (χ4n) is 5.69. The lowest BCUT2D eigenvalue weighted by atomic mass is 9.90. The van der Waals surface area contributed by atoms with Crippen LogP contribution in [0.4, 0.5) is 4.39 Å². The predicted octanol–water partition coefficient (Wildman–Crippen LogP) is 6.19. The Morgan fingerprint density at radius 2 is 1.95 bits per heavy atom. The van der Waals surface area contributed by atoms with Gasteiger partial charge in [-0.2, -0.15) is 5.26 Å². The summed E-state index contributed by atoms with van der Waals surface area (Å²) in [6.07, 6.45) is 4.31. The number of aliphatic carboxylic acids is 1. The van der Waals surface area contributed by atoms with Gasteiger partial charge >= 0.3 is 5.97 Å². The molecule has 4 aromatic rings. The molecule has 0 aliphatic heterocycles. The Morgan fingerprint density at radius 1 is 1.16 bits per heavy atom. The fraction of sp³-hybridized carbons (Fsp3) is 0.265. The zero-order valence-electron chi connectivity index (χ0n) is 23.6. The summed E-state index contributed by atoms with van der Waals surface area (Å²) in [5, 5.41) is 32.0. The van der Waals surface area contributed by atoms with E-state index in [1.165, 1.54) is 24.8 Å². The SMILES string of the molecule is C[C@H](O)C(NCc1cc(Cl)c(C[C@H]2CCc3c(-c4ccccc4F)cccc32)cc1OCc1cncc(C#N)c1)C(=O)O. The number of fused-ring (bicyclic) bond motifs is 1. The Morgan fingerprint density at radius 3 is 2.70 bits per heavy atom. The van der Waals surface area contributed by atoms with Gasteiger partial charge in [0.1, 0.15) is 30.3 Å². The van der Waals surface area contributed by atoms with Crippen LogP contribution in [-0.2, 0) is 30.8 Å². The molecular weight excluding hydrogens is 569 g/mol. The average Bonchev–Trinajstić information content (AvgIpc) is 3.40. The lowest BCUT2D eigenvalue weighted by Crippen LogP contribution is -2.44. The molecule has 0 fully saturated rings. The van der Waals surface area contributed by atoms with Crippen LogP contribution in [0.3, 0.4) is 0 Å². The highest BCUT2D eigenvalue weighted by Crippen LogP contribution is 2.42. The zero-order chi connectivity index (χ0) is 30.5. The molecule has 9 heteroatoms. The third-order valence-corrected chi connectivity index (χ3v) is 8.19. The number of aromatic nitrogens is 1. The highest BCUT2D eigenvalue weighted by atomic mass is 35.5. The third kappa shape index (κ3) is 6.86. The molecule has 0 radical (unpaired) electrons. The summed E-state index contributed by atoms with van der Waals surface area (Å²) in [7, 11) is 0. The number of nitrogens with zero attached hydrogens (tertiary/aromatic N) is 2. The van der Waals surface area contributed by atoms with E-state index in [0.29, 0.717) is 39.4 Å². The molecule has 3 N–H and O–H groups in total. The number of hydrogen-bond acceptors (Lipinski definition) is 6. The van der Waals surface area contributed by atoms with Crippen LogP contribution in [0, 0.1) is 17.1 Å². The molecule has 1 unspecified atom stereocenters. The van der Waals surface area contributed by atoms with Gasteiger partial charge in [0.15, 0.2) is 0 Å². The zero-order valence-corrected chi connectivity index (χ0v) is 24.3. The van der Waals surface area contributed by atoms with Crippen molar-refractivity contribution in [3.8, 4) is 22.9 Å². The molecule has 220 valence electrons. The van der Waals surface area contributed by atoms with Crippen LogP contribution in [0.1, 0.15) is 52.6 Å². The van der Waals surface area contributed by atoms with Gasteiger partial charge in [-0.3, -0.25) is 15.1 Å². The maximum atomic E-state index is 14.7. The maximum Gasteiger partial charge on any atom is 0.323 e. The van der Waals surface area contributed by atoms with Crippen molar-refractivity contribution >= 4 is 17.6 Å². The van der Waals surface area contributed by atoms with Gasteiger partial charge in [-0.25, -0.2) is 4.39 Å². The minimum atomic E-state index is -1.18. The average molecular weight is 600 g/mol. The molecule has 1 heterocycles. The van der Waals surface area contributed by atoms with Crippen LogP contribution < -0.4 is 10.1 Å². The van der Waals surface area contributed by atoms with E-state index in [-0.39, 0.29) is 24.9 Å². The highest BCUT2D eigenvalue weighted by molar-refractivity contribution is 6.31. The number of nitrogens with one attached hydrogen (secondary N) is 1. The molecule has 0 saturated carbocycles. The molecule has 1 aromatic heterocycles. The van der Waals surface area contributed by atoms with Crippen molar-refractivity contribution in [2.24, 2.45) is 0 Å². The molecule has 1 aliphatic rings. The van der Waals surface area contributed by atoms with E-state index in [1.54, 1.807) is 30.5 Å². The number of ether oxygens (including phenoxy) is 1. The molecule has 3 aromatic carbocycles. The van der Waals surface area contributed by atoms with Crippen molar-refractivity contribution in [3.05, 3.63) is 117 Å². The Bertz CT molecular complexity index is 1690. The first-order valence-electron chi connectivity index (χ1n) is 14.0. The van der Waals surface area contributed by atoms with E-state index in [2.05, 4.69) is 22.4 Å². The fourth-order valence-corrected chi connectivity index (χ4v) is 5.95. The van der Waals surface area contributed by atoms with Crippen molar-refractivity contribution in [2.45, 2.75) is 57.4 Å². The van der Waals surface area contributed by atoms with Crippen LogP contribution in [-0.4, -0.2) is 33.3 Å². The third-order valence-electron chi connectivity index (χ3n) is 7.83. The van der Waals surface area contributed by atoms with Crippen molar-refractivity contribution in [2.75, 3.05) is 0 Å². The van der Waals surface area contributed by atoms with Gasteiger partial charge in [0.05, 0.1) is 11.7 Å². The van der Waals surface area contributed by atoms with E-state index < -0.39 is 18.1 Å². The molecule has 7 nitrogen and oxygen atoms in total. The predicted molar refractivity (Wildman–Crippen MR) is 161 cm³/mol. The van der Waals surface area contributed by atoms with Gasteiger partial charge < -0.3 is 14.9 Å². The summed E-state index contributed by atoms with van der Waals surface area (Å²) in [6, 6.07) is 19.1. The Hall–Kier alpha value is -4.29. The largest absolute Gasteiger partial charge is 0.489 e. The Labute approximate surface area is 254 Å². The van der Waals surface area contributed by atoms with Gasteiger partial charge in [-0.15, -0.1) is 0 Å². The summed E-state index contributed by atoms with van der Waals surface area (Å²) >= 11 is 6.81. The molecule has 5 rings (SSSR count). The quantitative estimate of drug-likeness (QED) is 0.188. The minimum Gasteiger partial charge on any atom is -0.489 e. The standard InChI is InChI=1S/C34H31ClFN3O4/c1-20(40)33(34(41)42)39-18-25-13-30(35)24(14-32(25)43-19-22-11-21(15-37)16-38-17-22)12-23-9-10-28-26(23)6-4-7-27(28)29-5-2-3-8-31(29)36/h2-8,11,13-14,16-17,20,23,33,39-40H,9-10,12,18-19H2,1H3,(H,41,42)/t20-,23+,33?/m0/s1. The number of nitriles is 1. The normalized spacial score (nSPS) is 15.4. The Balaban J connectivity index is 1.43. The number of hydrogen-bond donors (Lipinski definition) is 3. The lowest BCUT2D eigenvalue weighted by Gasteiger charge is -2.21. The van der Waals surface area contributed by atoms with Gasteiger partial charge in [-0.05, 0) is 78.6 Å². The Kier molecular flexibility index (Phi) is 9.37. The summed E-state index contributed by atoms with van der Waals surface area (Å²) in [6.45, 7) is 1.63. The number of aliphatic hydroxyl groups is 1. The lowest BCUT2D eigenvalue weighted by molar-refractivity contribution is -0.142. The van der Waals surface area contributed by atoms with Gasteiger partial charge in [-0.1, -0.05) is 48.0 Å². The second-order valence-corrected chi connectivity index (χ2v) is 11.2. The smallest absolute Gasteiger partial charge is 0.323 e.